The van der Waals surface area contributed by atoms with Gasteiger partial charge in [0.1, 0.15) is 0 Å². The zero-order valence-electron chi connectivity index (χ0n) is 11.4. The Bertz CT molecular complexity index is 508. The van der Waals surface area contributed by atoms with Crippen molar-refractivity contribution >= 4 is 28.3 Å². The van der Waals surface area contributed by atoms with Crippen LogP contribution in [0.5, 0.6) is 0 Å². The summed E-state index contributed by atoms with van der Waals surface area (Å²) in [6.45, 7) is 4.54. The first kappa shape index (κ1) is 14.4. The standard InChI is InChI=1S/C17H20IN/c1-13(2)12-17(14-8-4-3-5-9-14)19-16-11-7-6-10-15(16)18/h3-11,13,17,19H,12H2,1-2H3. The fourth-order valence-electron chi connectivity index (χ4n) is 2.20. The number of hydrogen-bond donors (Lipinski definition) is 1. The Kier molecular flexibility index (Phi) is 5.25. The minimum atomic E-state index is 0.372. The lowest BCUT2D eigenvalue weighted by atomic mass is 9.97. The summed E-state index contributed by atoms with van der Waals surface area (Å²) in [4.78, 5) is 0. The first-order valence-corrected chi connectivity index (χ1v) is 7.80. The third-order valence-corrected chi connectivity index (χ3v) is 4.05. The summed E-state index contributed by atoms with van der Waals surface area (Å²) in [5, 5.41) is 3.69. The van der Waals surface area contributed by atoms with Crippen molar-refractivity contribution < 1.29 is 0 Å². The molecular formula is C17H20IN. The van der Waals surface area contributed by atoms with Crippen molar-refractivity contribution in [2.75, 3.05) is 5.32 Å². The van der Waals surface area contributed by atoms with Crippen molar-refractivity contribution in [3.05, 3.63) is 63.7 Å². The van der Waals surface area contributed by atoms with E-state index in [1.807, 2.05) is 0 Å². The molecule has 0 aliphatic carbocycles. The summed E-state index contributed by atoms with van der Waals surface area (Å²) in [7, 11) is 0. The Morgan fingerprint density at radius 3 is 2.21 bits per heavy atom. The van der Waals surface area contributed by atoms with Gasteiger partial charge in [-0.15, -0.1) is 0 Å². The average Bonchev–Trinajstić information content (AvgIpc) is 2.41. The van der Waals surface area contributed by atoms with Crippen molar-refractivity contribution in [1.82, 2.24) is 0 Å². The van der Waals surface area contributed by atoms with Crippen LogP contribution in [0.3, 0.4) is 0 Å². The molecule has 0 aliphatic heterocycles. The van der Waals surface area contributed by atoms with Crippen LogP contribution in [-0.4, -0.2) is 0 Å². The molecule has 0 aliphatic rings. The number of rotatable bonds is 5. The molecule has 0 fully saturated rings. The van der Waals surface area contributed by atoms with Crippen LogP contribution < -0.4 is 5.32 Å². The molecule has 2 aromatic rings. The molecule has 0 radical (unpaired) electrons. The molecular weight excluding hydrogens is 345 g/mol. The van der Waals surface area contributed by atoms with E-state index in [1.54, 1.807) is 0 Å². The number of benzene rings is 2. The molecule has 1 atom stereocenters. The highest BCUT2D eigenvalue weighted by Gasteiger charge is 2.13. The molecule has 0 spiro atoms. The van der Waals surface area contributed by atoms with Crippen LogP contribution in [-0.2, 0) is 0 Å². The number of hydrogen-bond acceptors (Lipinski definition) is 1. The van der Waals surface area contributed by atoms with Gasteiger partial charge >= 0.3 is 0 Å². The van der Waals surface area contributed by atoms with Crippen LogP contribution >= 0.6 is 22.6 Å². The van der Waals surface area contributed by atoms with E-state index in [4.69, 9.17) is 0 Å². The molecule has 0 saturated heterocycles. The van der Waals surface area contributed by atoms with E-state index >= 15 is 0 Å². The molecule has 0 amide bonds. The van der Waals surface area contributed by atoms with Crippen LogP contribution in [0.1, 0.15) is 31.9 Å². The molecule has 19 heavy (non-hydrogen) atoms. The predicted molar refractivity (Wildman–Crippen MR) is 91.4 cm³/mol. The number of anilines is 1. The van der Waals surface area contributed by atoms with Crippen molar-refractivity contribution in [1.29, 1.82) is 0 Å². The van der Waals surface area contributed by atoms with Gasteiger partial charge in [0, 0.05) is 9.26 Å². The molecule has 2 rings (SSSR count). The molecule has 0 saturated carbocycles. The minimum Gasteiger partial charge on any atom is -0.377 e. The Balaban J connectivity index is 2.22. The molecule has 1 N–H and O–H groups in total. The summed E-state index contributed by atoms with van der Waals surface area (Å²) < 4.78 is 1.27. The second kappa shape index (κ2) is 6.94. The van der Waals surface area contributed by atoms with Crippen LogP contribution in [0.25, 0.3) is 0 Å². The summed E-state index contributed by atoms with van der Waals surface area (Å²) in [5.41, 5.74) is 2.58. The zero-order valence-corrected chi connectivity index (χ0v) is 13.6. The van der Waals surface area contributed by atoms with Crippen LogP contribution in [0, 0.1) is 9.49 Å². The van der Waals surface area contributed by atoms with Gasteiger partial charge in [0.25, 0.3) is 0 Å². The molecule has 0 bridgehead atoms. The van der Waals surface area contributed by atoms with E-state index in [0.717, 1.165) is 6.42 Å². The molecule has 1 nitrogen and oxygen atoms in total. The van der Waals surface area contributed by atoms with Gasteiger partial charge < -0.3 is 5.32 Å². The van der Waals surface area contributed by atoms with Gasteiger partial charge in [-0.1, -0.05) is 56.3 Å². The maximum absolute atomic E-state index is 3.69. The van der Waals surface area contributed by atoms with Gasteiger partial charge in [0.15, 0.2) is 0 Å². The van der Waals surface area contributed by atoms with Crippen LogP contribution in [0.15, 0.2) is 54.6 Å². The lowest BCUT2D eigenvalue weighted by Gasteiger charge is -2.23. The second-order valence-electron chi connectivity index (χ2n) is 5.22. The quantitative estimate of drug-likeness (QED) is 0.691. The molecule has 2 aromatic carbocycles. The highest BCUT2D eigenvalue weighted by atomic mass is 127. The summed E-state index contributed by atoms with van der Waals surface area (Å²) in [6.07, 6.45) is 1.13. The first-order valence-electron chi connectivity index (χ1n) is 6.73. The maximum atomic E-state index is 3.69. The van der Waals surface area contributed by atoms with Gasteiger partial charge in [-0.3, -0.25) is 0 Å². The Morgan fingerprint density at radius 1 is 0.947 bits per heavy atom. The largest absolute Gasteiger partial charge is 0.377 e. The topological polar surface area (TPSA) is 12.0 Å². The van der Waals surface area contributed by atoms with Gasteiger partial charge in [-0.25, -0.2) is 0 Å². The monoisotopic (exact) mass is 365 g/mol. The highest BCUT2D eigenvalue weighted by molar-refractivity contribution is 14.1. The maximum Gasteiger partial charge on any atom is 0.0516 e. The van der Waals surface area contributed by atoms with Crippen molar-refractivity contribution in [2.24, 2.45) is 5.92 Å². The normalized spacial score (nSPS) is 12.4. The molecule has 2 heteroatoms. The van der Waals surface area contributed by atoms with E-state index in [0.29, 0.717) is 12.0 Å². The molecule has 100 valence electrons. The second-order valence-corrected chi connectivity index (χ2v) is 6.38. The van der Waals surface area contributed by atoms with Gasteiger partial charge in [0.2, 0.25) is 0 Å². The van der Waals surface area contributed by atoms with E-state index in [1.165, 1.54) is 14.8 Å². The van der Waals surface area contributed by atoms with Crippen molar-refractivity contribution in [3.63, 3.8) is 0 Å². The SMILES string of the molecule is CC(C)CC(Nc1ccccc1I)c1ccccc1. The number of halogens is 1. The lowest BCUT2D eigenvalue weighted by Crippen LogP contribution is -2.14. The third kappa shape index (κ3) is 4.23. The minimum absolute atomic E-state index is 0.372. The van der Waals surface area contributed by atoms with Crippen molar-refractivity contribution in [3.8, 4) is 0 Å². The van der Waals surface area contributed by atoms with Gasteiger partial charge in [-0.05, 0) is 52.6 Å². The van der Waals surface area contributed by atoms with Gasteiger partial charge in [0.05, 0.1) is 6.04 Å². The fraction of sp³-hybridized carbons (Fsp3) is 0.294. The summed E-state index contributed by atoms with van der Waals surface area (Å²) in [6, 6.07) is 19.5. The summed E-state index contributed by atoms with van der Waals surface area (Å²) >= 11 is 2.38. The number of para-hydroxylation sites is 1. The van der Waals surface area contributed by atoms with Crippen LogP contribution in [0.4, 0.5) is 5.69 Å². The van der Waals surface area contributed by atoms with Gasteiger partial charge in [-0.2, -0.15) is 0 Å². The Hall–Kier alpha value is -1.03. The number of nitrogens with one attached hydrogen (secondary N) is 1. The highest BCUT2D eigenvalue weighted by Crippen LogP contribution is 2.28. The first-order chi connectivity index (χ1) is 9.16. The Morgan fingerprint density at radius 2 is 1.58 bits per heavy atom. The van der Waals surface area contributed by atoms with Crippen LogP contribution in [0.2, 0.25) is 0 Å². The molecule has 0 heterocycles. The molecule has 1 unspecified atom stereocenters. The smallest absolute Gasteiger partial charge is 0.0516 e. The Labute approximate surface area is 129 Å². The van der Waals surface area contributed by atoms with E-state index in [2.05, 4.69) is 96.4 Å². The summed E-state index contributed by atoms with van der Waals surface area (Å²) in [5.74, 6) is 0.666. The third-order valence-electron chi connectivity index (χ3n) is 3.11. The van der Waals surface area contributed by atoms with E-state index in [9.17, 15) is 0 Å². The van der Waals surface area contributed by atoms with E-state index < -0.39 is 0 Å². The van der Waals surface area contributed by atoms with Crippen molar-refractivity contribution in [2.45, 2.75) is 26.3 Å². The lowest BCUT2D eigenvalue weighted by molar-refractivity contribution is 0.531. The fourth-order valence-corrected chi connectivity index (χ4v) is 2.74. The average molecular weight is 365 g/mol. The van der Waals surface area contributed by atoms with E-state index in [-0.39, 0.29) is 0 Å². The zero-order chi connectivity index (χ0) is 13.7. The predicted octanol–water partition coefficient (Wildman–Crippen LogP) is 5.49. The molecule has 0 aromatic heterocycles.